The summed E-state index contributed by atoms with van der Waals surface area (Å²) >= 11 is 0. The number of benzene rings is 7. The number of fused-ring (bicyclic) bond motifs is 4. The van der Waals surface area contributed by atoms with Crippen LogP contribution in [0.5, 0.6) is 0 Å². The van der Waals surface area contributed by atoms with Gasteiger partial charge in [0.2, 0.25) is 0 Å². The second kappa shape index (κ2) is 8.30. The topological polar surface area (TPSA) is 0 Å². The van der Waals surface area contributed by atoms with Crippen molar-refractivity contribution in [2.24, 2.45) is 0 Å². The number of hydrogen-bond acceptors (Lipinski definition) is 0. The summed E-state index contributed by atoms with van der Waals surface area (Å²) in [6, 6.07) is 53.3. The molecule has 0 heteroatoms. The molecule has 176 valence electrons. The van der Waals surface area contributed by atoms with Gasteiger partial charge in [-0.25, -0.2) is 0 Å². The van der Waals surface area contributed by atoms with Gasteiger partial charge >= 0.3 is 0 Å². The molecule has 0 N–H and O–H groups in total. The largest absolute Gasteiger partial charge is 0.0622 e. The van der Waals surface area contributed by atoms with Crippen LogP contribution < -0.4 is 0 Å². The summed E-state index contributed by atoms with van der Waals surface area (Å²) in [5.41, 5.74) is 12.8. The summed E-state index contributed by atoms with van der Waals surface area (Å²) in [7, 11) is 0. The average Bonchev–Trinajstić information content (AvgIpc) is 3.32. The molecule has 0 amide bonds. The first-order valence-corrected chi connectivity index (χ1v) is 13.2. The first-order chi connectivity index (χ1) is 18.8. The molecule has 0 aromatic heterocycles. The zero-order valence-corrected chi connectivity index (χ0v) is 20.9. The Morgan fingerprint density at radius 3 is 1.58 bits per heavy atom. The minimum atomic E-state index is 1.23. The Bertz CT molecular complexity index is 1980. The minimum absolute atomic E-state index is 1.23. The maximum absolute atomic E-state index is 2.38. The quantitative estimate of drug-likeness (QED) is 0.236. The van der Waals surface area contributed by atoms with Crippen LogP contribution in [0.25, 0.3) is 77.2 Å². The minimum Gasteiger partial charge on any atom is -0.0622 e. The summed E-state index contributed by atoms with van der Waals surface area (Å²) < 4.78 is 0. The summed E-state index contributed by atoms with van der Waals surface area (Å²) in [6.45, 7) is 0. The van der Waals surface area contributed by atoms with E-state index in [0.717, 1.165) is 0 Å². The molecule has 7 aromatic rings. The van der Waals surface area contributed by atoms with Gasteiger partial charge in [0, 0.05) is 0 Å². The first-order valence-electron chi connectivity index (χ1n) is 13.2. The van der Waals surface area contributed by atoms with Crippen molar-refractivity contribution in [2.45, 2.75) is 0 Å². The molecule has 8 rings (SSSR count). The molecule has 7 aromatic carbocycles. The summed E-state index contributed by atoms with van der Waals surface area (Å²) in [6.07, 6.45) is 0. The Morgan fingerprint density at radius 2 is 0.763 bits per heavy atom. The maximum atomic E-state index is 2.38. The molecule has 0 spiro atoms. The van der Waals surface area contributed by atoms with E-state index in [9.17, 15) is 0 Å². The molecule has 0 unspecified atom stereocenters. The molecule has 0 saturated heterocycles. The van der Waals surface area contributed by atoms with Crippen molar-refractivity contribution in [1.82, 2.24) is 0 Å². The highest BCUT2D eigenvalue weighted by atomic mass is 14.3. The van der Waals surface area contributed by atoms with Crippen molar-refractivity contribution in [1.29, 1.82) is 0 Å². The molecule has 1 aliphatic carbocycles. The van der Waals surface area contributed by atoms with Crippen LogP contribution in [0, 0.1) is 0 Å². The van der Waals surface area contributed by atoms with Gasteiger partial charge in [0.25, 0.3) is 0 Å². The zero-order chi connectivity index (χ0) is 25.1. The maximum Gasteiger partial charge on any atom is -0.00201 e. The van der Waals surface area contributed by atoms with Crippen molar-refractivity contribution < 1.29 is 0 Å². The lowest BCUT2D eigenvalue weighted by Gasteiger charge is -2.15. The molecule has 0 heterocycles. The van der Waals surface area contributed by atoms with Gasteiger partial charge < -0.3 is 0 Å². The molecule has 0 saturated carbocycles. The van der Waals surface area contributed by atoms with Gasteiger partial charge in [-0.3, -0.25) is 0 Å². The van der Waals surface area contributed by atoms with E-state index >= 15 is 0 Å². The zero-order valence-electron chi connectivity index (χ0n) is 20.9. The van der Waals surface area contributed by atoms with Crippen molar-refractivity contribution in [3.05, 3.63) is 146 Å². The van der Waals surface area contributed by atoms with Crippen molar-refractivity contribution >= 4 is 21.5 Å². The Morgan fingerprint density at radius 1 is 0.263 bits per heavy atom. The lowest BCUT2D eigenvalue weighted by Crippen LogP contribution is -1.89. The average molecular weight is 481 g/mol. The van der Waals surface area contributed by atoms with E-state index in [1.54, 1.807) is 0 Å². The lowest BCUT2D eigenvalue weighted by atomic mass is 9.89. The van der Waals surface area contributed by atoms with Gasteiger partial charge in [0.15, 0.2) is 0 Å². The van der Waals surface area contributed by atoms with E-state index in [4.69, 9.17) is 0 Å². The monoisotopic (exact) mass is 480 g/mol. The van der Waals surface area contributed by atoms with Crippen LogP contribution >= 0.6 is 0 Å². The highest BCUT2D eigenvalue weighted by Crippen LogP contribution is 2.49. The third kappa shape index (κ3) is 3.17. The van der Waals surface area contributed by atoms with Gasteiger partial charge in [-0.1, -0.05) is 127 Å². The molecule has 0 radical (unpaired) electrons. The number of hydrogen-bond donors (Lipinski definition) is 0. The van der Waals surface area contributed by atoms with Crippen LogP contribution in [-0.4, -0.2) is 0 Å². The molecule has 0 nitrogen and oxygen atoms in total. The van der Waals surface area contributed by atoms with Crippen molar-refractivity contribution in [3.63, 3.8) is 0 Å². The third-order valence-corrected chi connectivity index (χ3v) is 8.00. The third-order valence-electron chi connectivity index (χ3n) is 8.00. The molecular formula is C38H24. The fourth-order valence-electron chi connectivity index (χ4n) is 6.27. The van der Waals surface area contributed by atoms with Gasteiger partial charge in [-0.15, -0.1) is 0 Å². The molecule has 1 aliphatic rings. The second-order valence-electron chi connectivity index (χ2n) is 10.1. The van der Waals surface area contributed by atoms with Crippen LogP contribution in [0.3, 0.4) is 0 Å². The van der Waals surface area contributed by atoms with E-state index in [2.05, 4.69) is 146 Å². The predicted molar refractivity (Wildman–Crippen MR) is 162 cm³/mol. The van der Waals surface area contributed by atoms with Gasteiger partial charge in [0.05, 0.1) is 0 Å². The van der Waals surface area contributed by atoms with Crippen LogP contribution in [-0.2, 0) is 0 Å². The Kier molecular flexibility index (Phi) is 4.62. The fraction of sp³-hybridized carbons (Fsp3) is 0. The summed E-state index contributed by atoms with van der Waals surface area (Å²) in [5.74, 6) is 0. The lowest BCUT2D eigenvalue weighted by molar-refractivity contribution is 1.59. The predicted octanol–water partition coefficient (Wildman–Crippen LogP) is 10.6. The Hall–Kier alpha value is -4.94. The Labute approximate surface area is 222 Å². The normalized spacial score (nSPS) is 11.7. The fourth-order valence-corrected chi connectivity index (χ4v) is 6.27. The van der Waals surface area contributed by atoms with E-state index in [1.807, 2.05) is 0 Å². The van der Waals surface area contributed by atoms with E-state index in [0.29, 0.717) is 0 Å². The number of rotatable bonds is 3. The Balaban J connectivity index is 1.42. The van der Waals surface area contributed by atoms with E-state index < -0.39 is 0 Å². The summed E-state index contributed by atoms with van der Waals surface area (Å²) in [4.78, 5) is 0. The first kappa shape index (κ1) is 21.2. The molecule has 0 atom stereocenters. The molecular weight excluding hydrogens is 456 g/mol. The van der Waals surface area contributed by atoms with Crippen LogP contribution in [0.1, 0.15) is 0 Å². The van der Waals surface area contributed by atoms with E-state index in [-0.39, 0.29) is 0 Å². The molecule has 0 bridgehead atoms. The van der Waals surface area contributed by atoms with Crippen molar-refractivity contribution in [2.75, 3.05) is 0 Å². The van der Waals surface area contributed by atoms with Gasteiger partial charge in [-0.05, 0) is 95.4 Å². The van der Waals surface area contributed by atoms with E-state index in [1.165, 1.54) is 77.2 Å². The highest BCUT2D eigenvalue weighted by molar-refractivity contribution is 6.18. The van der Waals surface area contributed by atoms with Crippen LogP contribution in [0.15, 0.2) is 146 Å². The summed E-state index contributed by atoms with van der Waals surface area (Å²) in [5, 5.41) is 5.22. The van der Waals surface area contributed by atoms with Gasteiger partial charge in [-0.2, -0.15) is 0 Å². The smallest absolute Gasteiger partial charge is 0.00201 e. The molecule has 0 aliphatic heterocycles. The molecule has 38 heavy (non-hydrogen) atoms. The SMILES string of the molecule is c1ccc(-c2cc(-c3cccc4ccccc34)cc(-c3ccc4c5c(cccc35)-c3ccccc3-4)c2)cc1. The van der Waals surface area contributed by atoms with Crippen molar-refractivity contribution in [3.8, 4) is 55.6 Å². The second-order valence-corrected chi connectivity index (χ2v) is 10.1. The highest BCUT2D eigenvalue weighted by Gasteiger charge is 2.22. The van der Waals surface area contributed by atoms with Crippen LogP contribution in [0.2, 0.25) is 0 Å². The van der Waals surface area contributed by atoms with Crippen LogP contribution in [0.4, 0.5) is 0 Å². The molecule has 0 fully saturated rings. The standard InChI is InChI=1S/C38H24/c1-2-10-25(11-3-1)27-22-28(31-17-8-13-26-12-4-5-14-30(26)31)24-29(23-27)32-20-21-37-34-16-7-6-15-33(34)36-19-9-18-35(32)38(36)37/h1-24H. The van der Waals surface area contributed by atoms with Gasteiger partial charge in [0.1, 0.15) is 0 Å².